The first kappa shape index (κ1) is 13.9. The highest BCUT2D eigenvalue weighted by Gasteiger charge is 2.31. The smallest absolute Gasteiger partial charge is 0.266 e. The molecule has 1 aliphatic carbocycles. The van der Waals surface area contributed by atoms with E-state index in [1.54, 1.807) is 12.1 Å². The largest absolute Gasteiger partial charge is 0.343 e. The molecule has 0 unspecified atom stereocenters. The van der Waals surface area contributed by atoms with E-state index in [1.807, 2.05) is 0 Å². The number of nitrogens with zero attached hydrogens (tertiary/aromatic N) is 4. The van der Waals surface area contributed by atoms with Crippen molar-refractivity contribution in [2.75, 3.05) is 13.3 Å². The van der Waals surface area contributed by atoms with Gasteiger partial charge in [0, 0.05) is 6.04 Å². The number of aliphatic imine (C=N–C) groups is 1. The fourth-order valence-electron chi connectivity index (χ4n) is 2.38. The van der Waals surface area contributed by atoms with E-state index in [0.717, 1.165) is 11.7 Å². The maximum absolute atomic E-state index is 12.5. The van der Waals surface area contributed by atoms with Crippen molar-refractivity contribution in [2.45, 2.75) is 23.8 Å². The van der Waals surface area contributed by atoms with Gasteiger partial charge in [-0.25, -0.2) is 18.1 Å². The van der Waals surface area contributed by atoms with Crippen LogP contribution in [0.2, 0.25) is 0 Å². The predicted octanol–water partition coefficient (Wildman–Crippen LogP) is 0.308. The van der Waals surface area contributed by atoms with E-state index in [4.69, 9.17) is 0 Å². The summed E-state index contributed by atoms with van der Waals surface area (Å²) >= 11 is 0.995. The SMILES string of the molecule is O=S(=O)(NC1=NCN(C2CC2)CN1)c1cccc2nsnc12. The molecule has 0 radical (unpaired) electrons. The van der Waals surface area contributed by atoms with E-state index < -0.39 is 10.0 Å². The van der Waals surface area contributed by atoms with Crippen LogP contribution in [0.4, 0.5) is 0 Å². The maximum Gasteiger partial charge on any atom is 0.266 e. The number of guanidine groups is 1. The van der Waals surface area contributed by atoms with Crippen molar-refractivity contribution in [3.63, 3.8) is 0 Å². The van der Waals surface area contributed by atoms with Crippen LogP contribution in [0.5, 0.6) is 0 Å². The van der Waals surface area contributed by atoms with Gasteiger partial charge < -0.3 is 5.32 Å². The lowest BCUT2D eigenvalue weighted by Crippen LogP contribution is -2.50. The fourth-order valence-corrected chi connectivity index (χ4v) is 4.15. The Hall–Kier alpha value is -1.78. The van der Waals surface area contributed by atoms with Gasteiger partial charge in [0.05, 0.1) is 25.1 Å². The van der Waals surface area contributed by atoms with Gasteiger partial charge in [0.2, 0.25) is 5.96 Å². The quantitative estimate of drug-likeness (QED) is 0.835. The van der Waals surface area contributed by atoms with Crippen molar-refractivity contribution in [1.82, 2.24) is 23.7 Å². The number of aromatic nitrogens is 2. The van der Waals surface area contributed by atoms with Crippen molar-refractivity contribution in [2.24, 2.45) is 4.99 Å². The van der Waals surface area contributed by atoms with Gasteiger partial charge in [-0.2, -0.15) is 8.75 Å². The molecule has 1 aromatic carbocycles. The molecule has 10 heteroatoms. The van der Waals surface area contributed by atoms with Crippen LogP contribution in [0.1, 0.15) is 12.8 Å². The highest BCUT2D eigenvalue weighted by Crippen LogP contribution is 2.26. The first-order valence-electron chi connectivity index (χ1n) is 6.90. The molecule has 1 saturated carbocycles. The summed E-state index contributed by atoms with van der Waals surface area (Å²) in [6.07, 6.45) is 2.38. The molecule has 0 bridgehead atoms. The number of rotatable bonds is 3. The Kier molecular flexibility index (Phi) is 3.24. The Morgan fingerprint density at radius 2 is 2.18 bits per heavy atom. The van der Waals surface area contributed by atoms with Crippen LogP contribution in [-0.2, 0) is 10.0 Å². The zero-order valence-corrected chi connectivity index (χ0v) is 13.2. The first-order valence-corrected chi connectivity index (χ1v) is 9.11. The van der Waals surface area contributed by atoms with E-state index in [2.05, 4.69) is 28.7 Å². The number of hydrogen-bond donors (Lipinski definition) is 2. The van der Waals surface area contributed by atoms with Crippen LogP contribution >= 0.6 is 11.7 Å². The minimum Gasteiger partial charge on any atom is -0.343 e. The van der Waals surface area contributed by atoms with Crippen LogP contribution in [0.3, 0.4) is 0 Å². The average Bonchev–Trinajstić information content (AvgIpc) is 3.24. The Morgan fingerprint density at radius 3 is 2.91 bits per heavy atom. The average molecular weight is 338 g/mol. The normalized spacial score (nSPS) is 19.7. The summed E-state index contributed by atoms with van der Waals surface area (Å²) < 4.78 is 35.7. The van der Waals surface area contributed by atoms with Gasteiger partial charge in [-0.3, -0.25) is 4.90 Å². The van der Waals surface area contributed by atoms with E-state index in [9.17, 15) is 8.42 Å². The van der Waals surface area contributed by atoms with Crippen LogP contribution in [0.15, 0.2) is 28.1 Å². The predicted molar refractivity (Wildman–Crippen MR) is 82.9 cm³/mol. The van der Waals surface area contributed by atoms with Crippen molar-refractivity contribution in [3.8, 4) is 0 Å². The first-order chi connectivity index (χ1) is 10.6. The maximum atomic E-state index is 12.5. The molecule has 2 aliphatic rings. The lowest BCUT2D eigenvalue weighted by atomic mass is 10.3. The van der Waals surface area contributed by atoms with Gasteiger partial charge in [0.1, 0.15) is 15.9 Å². The Labute approximate surface area is 131 Å². The molecule has 8 nitrogen and oxygen atoms in total. The van der Waals surface area contributed by atoms with Crippen molar-refractivity contribution in [3.05, 3.63) is 18.2 Å². The molecule has 1 aliphatic heterocycles. The zero-order valence-electron chi connectivity index (χ0n) is 11.6. The second-order valence-corrected chi connectivity index (χ2v) is 7.48. The molecule has 2 aromatic rings. The molecule has 2 heterocycles. The second kappa shape index (κ2) is 5.14. The summed E-state index contributed by atoms with van der Waals surface area (Å²) in [5.74, 6) is 0.275. The lowest BCUT2D eigenvalue weighted by molar-refractivity contribution is 0.253. The van der Waals surface area contributed by atoms with Gasteiger partial charge in [0.15, 0.2) is 0 Å². The molecule has 22 heavy (non-hydrogen) atoms. The standard InChI is InChI=1S/C12H14N6O2S2/c19-22(20,10-3-1-2-9-11(10)16-21-15-9)17-12-13-6-18(7-14-12)8-4-5-8/h1-3,8H,4-7H2,(H2,13,14,17). The Bertz CT molecular complexity index is 842. The minimum atomic E-state index is -3.74. The molecule has 0 amide bonds. The van der Waals surface area contributed by atoms with Gasteiger partial charge in [-0.1, -0.05) is 6.07 Å². The van der Waals surface area contributed by atoms with Gasteiger partial charge in [0.25, 0.3) is 10.0 Å². The summed E-state index contributed by atoms with van der Waals surface area (Å²) in [4.78, 5) is 6.56. The number of benzene rings is 1. The molecule has 0 saturated heterocycles. The number of hydrogen-bond acceptors (Lipinski definition) is 8. The Morgan fingerprint density at radius 1 is 1.32 bits per heavy atom. The lowest BCUT2D eigenvalue weighted by Gasteiger charge is -2.26. The molecular formula is C12H14N6O2S2. The molecule has 1 aromatic heterocycles. The zero-order chi connectivity index (χ0) is 15.2. The minimum absolute atomic E-state index is 0.118. The topological polar surface area (TPSA) is 99.6 Å². The summed E-state index contributed by atoms with van der Waals surface area (Å²) in [6.45, 7) is 1.12. The van der Waals surface area contributed by atoms with Gasteiger partial charge >= 0.3 is 0 Å². The third-order valence-electron chi connectivity index (χ3n) is 3.69. The molecule has 2 N–H and O–H groups in total. The van der Waals surface area contributed by atoms with Crippen molar-refractivity contribution in [1.29, 1.82) is 0 Å². The number of sulfonamides is 1. The molecule has 0 spiro atoms. The van der Waals surface area contributed by atoms with Crippen LogP contribution < -0.4 is 10.0 Å². The summed E-state index contributed by atoms with van der Waals surface area (Å²) in [5, 5.41) is 3.01. The molecular weight excluding hydrogens is 324 g/mol. The highest BCUT2D eigenvalue weighted by molar-refractivity contribution is 7.90. The third kappa shape index (κ3) is 2.53. The highest BCUT2D eigenvalue weighted by atomic mass is 32.2. The van der Waals surface area contributed by atoms with Crippen LogP contribution in [-0.4, -0.2) is 47.4 Å². The van der Waals surface area contributed by atoms with E-state index in [1.165, 1.54) is 18.9 Å². The van der Waals surface area contributed by atoms with Crippen LogP contribution in [0, 0.1) is 0 Å². The molecule has 116 valence electrons. The van der Waals surface area contributed by atoms with Crippen LogP contribution in [0.25, 0.3) is 11.0 Å². The molecule has 0 atom stereocenters. The van der Waals surface area contributed by atoms with E-state index >= 15 is 0 Å². The second-order valence-electron chi connectivity index (χ2n) is 5.30. The van der Waals surface area contributed by atoms with Crippen molar-refractivity contribution >= 4 is 38.7 Å². The van der Waals surface area contributed by atoms with Crippen molar-refractivity contribution < 1.29 is 8.42 Å². The third-order valence-corrected chi connectivity index (χ3v) is 5.61. The summed E-state index contributed by atoms with van der Waals surface area (Å²) in [6, 6.07) is 5.50. The van der Waals surface area contributed by atoms with Gasteiger partial charge in [-0.15, -0.1) is 0 Å². The molecule has 4 rings (SSSR count). The van der Waals surface area contributed by atoms with E-state index in [0.29, 0.717) is 30.4 Å². The molecule has 1 fully saturated rings. The number of fused-ring (bicyclic) bond motifs is 1. The summed E-state index contributed by atoms with van der Waals surface area (Å²) in [5.41, 5.74) is 0.961. The fraction of sp³-hybridized carbons (Fsp3) is 0.417. The van der Waals surface area contributed by atoms with E-state index in [-0.39, 0.29) is 10.9 Å². The summed E-state index contributed by atoms with van der Waals surface area (Å²) in [7, 11) is -3.74. The Balaban J connectivity index is 1.58. The number of nitrogens with one attached hydrogen (secondary N) is 2. The monoisotopic (exact) mass is 338 g/mol. The van der Waals surface area contributed by atoms with Gasteiger partial charge in [-0.05, 0) is 25.0 Å².